The van der Waals surface area contributed by atoms with E-state index in [0.717, 1.165) is 6.07 Å². The van der Waals surface area contributed by atoms with E-state index in [1.807, 2.05) is 6.92 Å². The summed E-state index contributed by atoms with van der Waals surface area (Å²) >= 11 is 0. The van der Waals surface area contributed by atoms with Crippen molar-refractivity contribution in [2.75, 3.05) is 18.0 Å². The van der Waals surface area contributed by atoms with Gasteiger partial charge in [0.25, 0.3) is 5.69 Å². The number of hydrogen-bond donors (Lipinski definition) is 2. The minimum absolute atomic E-state index is 0.0831. The molecule has 20 heavy (non-hydrogen) atoms. The Labute approximate surface area is 117 Å². The summed E-state index contributed by atoms with van der Waals surface area (Å²) in [7, 11) is 0. The highest BCUT2D eigenvalue weighted by Crippen LogP contribution is 2.30. The summed E-state index contributed by atoms with van der Waals surface area (Å²) in [5.74, 6) is -0.717. The molecule has 0 atom stereocenters. The highest BCUT2D eigenvalue weighted by molar-refractivity contribution is 5.94. The van der Waals surface area contributed by atoms with Crippen LogP contribution in [0.15, 0.2) is 18.2 Å². The Balaban J connectivity index is 3.28. The first-order valence-electron chi connectivity index (χ1n) is 6.21. The van der Waals surface area contributed by atoms with E-state index in [4.69, 9.17) is 5.73 Å². The number of carbonyl (C=O) groups is 1. The predicted octanol–water partition coefficient (Wildman–Crippen LogP) is 1.29. The van der Waals surface area contributed by atoms with E-state index < -0.39 is 16.4 Å². The van der Waals surface area contributed by atoms with Crippen molar-refractivity contribution >= 4 is 17.3 Å². The van der Waals surface area contributed by atoms with Crippen molar-refractivity contribution in [2.24, 2.45) is 5.73 Å². The van der Waals surface area contributed by atoms with E-state index >= 15 is 0 Å². The number of anilines is 1. The van der Waals surface area contributed by atoms with Gasteiger partial charge in [-0.3, -0.25) is 14.9 Å². The molecular weight excluding hydrogens is 262 g/mol. The highest BCUT2D eigenvalue weighted by Gasteiger charge is 2.24. The van der Waals surface area contributed by atoms with Crippen molar-refractivity contribution in [1.82, 2.24) is 0 Å². The molecule has 0 heterocycles. The molecule has 1 rings (SSSR count). The lowest BCUT2D eigenvalue weighted by Crippen LogP contribution is -2.38. The van der Waals surface area contributed by atoms with Crippen LogP contribution in [0.25, 0.3) is 0 Å². The van der Waals surface area contributed by atoms with Crippen LogP contribution in [0.4, 0.5) is 11.4 Å². The number of likely N-dealkylation sites (N-methyl/N-ethyl adjacent to an activating group) is 1. The van der Waals surface area contributed by atoms with Gasteiger partial charge >= 0.3 is 0 Å². The number of nitro groups is 1. The molecule has 0 unspecified atom stereocenters. The minimum atomic E-state index is -0.994. The van der Waals surface area contributed by atoms with Crippen LogP contribution in [0, 0.1) is 10.1 Å². The molecule has 7 nitrogen and oxygen atoms in total. The average Bonchev–Trinajstić information content (AvgIpc) is 2.34. The summed E-state index contributed by atoms with van der Waals surface area (Å²) in [4.78, 5) is 23.4. The molecule has 0 bridgehead atoms. The van der Waals surface area contributed by atoms with Crippen molar-refractivity contribution in [1.29, 1.82) is 0 Å². The van der Waals surface area contributed by atoms with Gasteiger partial charge < -0.3 is 15.7 Å². The van der Waals surface area contributed by atoms with Crippen LogP contribution >= 0.6 is 0 Å². The molecule has 1 aromatic carbocycles. The van der Waals surface area contributed by atoms with Crippen molar-refractivity contribution in [3.63, 3.8) is 0 Å². The van der Waals surface area contributed by atoms with E-state index in [9.17, 15) is 20.0 Å². The first kappa shape index (κ1) is 15.9. The van der Waals surface area contributed by atoms with Crippen LogP contribution in [-0.2, 0) is 0 Å². The second kappa shape index (κ2) is 5.87. The summed E-state index contributed by atoms with van der Waals surface area (Å²) in [5, 5.41) is 21.0. The molecule has 1 amide bonds. The SMILES string of the molecule is CCN(CC(C)(C)O)c1ccc(C(N)=O)cc1[N+](=O)[O-]. The molecule has 0 fully saturated rings. The zero-order chi connectivity index (χ0) is 15.5. The zero-order valence-corrected chi connectivity index (χ0v) is 11.8. The molecule has 0 aromatic heterocycles. The summed E-state index contributed by atoms with van der Waals surface area (Å²) in [6.07, 6.45) is 0. The minimum Gasteiger partial charge on any atom is -0.389 e. The Kier molecular flexibility index (Phi) is 4.67. The molecule has 110 valence electrons. The Morgan fingerprint density at radius 3 is 2.50 bits per heavy atom. The topological polar surface area (TPSA) is 110 Å². The lowest BCUT2D eigenvalue weighted by atomic mass is 10.1. The van der Waals surface area contributed by atoms with E-state index in [1.165, 1.54) is 12.1 Å². The standard InChI is InChI=1S/C13H19N3O4/c1-4-15(8-13(2,3)18)10-6-5-9(12(14)17)7-11(10)16(19)20/h5-7,18H,4,8H2,1-3H3,(H2,14,17). The molecule has 1 aromatic rings. The van der Waals surface area contributed by atoms with Gasteiger partial charge in [-0.1, -0.05) is 0 Å². The van der Waals surface area contributed by atoms with Gasteiger partial charge in [-0.2, -0.15) is 0 Å². The molecule has 0 saturated carbocycles. The van der Waals surface area contributed by atoms with Crippen molar-refractivity contribution in [3.8, 4) is 0 Å². The average molecular weight is 281 g/mol. The van der Waals surface area contributed by atoms with E-state index in [-0.39, 0.29) is 17.8 Å². The van der Waals surface area contributed by atoms with Gasteiger partial charge in [-0.25, -0.2) is 0 Å². The van der Waals surface area contributed by atoms with Crippen LogP contribution < -0.4 is 10.6 Å². The van der Waals surface area contributed by atoms with E-state index in [2.05, 4.69) is 0 Å². The van der Waals surface area contributed by atoms with Crippen LogP contribution in [-0.4, -0.2) is 34.6 Å². The van der Waals surface area contributed by atoms with Gasteiger partial charge in [-0.05, 0) is 32.9 Å². The second-order valence-corrected chi connectivity index (χ2v) is 5.15. The lowest BCUT2D eigenvalue weighted by Gasteiger charge is -2.29. The maximum Gasteiger partial charge on any atom is 0.293 e. The molecule has 3 N–H and O–H groups in total. The van der Waals surface area contributed by atoms with Crippen molar-refractivity contribution in [2.45, 2.75) is 26.4 Å². The normalized spacial score (nSPS) is 11.2. The Morgan fingerprint density at radius 1 is 1.50 bits per heavy atom. The third-order valence-electron chi connectivity index (χ3n) is 2.76. The van der Waals surface area contributed by atoms with E-state index in [0.29, 0.717) is 12.2 Å². The number of nitrogens with zero attached hydrogens (tertiary/aromatic N) is 2. The molecule has 0 saturated heterocycles. The number of nitrogens with two attached hydrogens (primary N) is 1. The summed E-state index contributed by atoms with van der Waals surface area (Å²) in [6.45, 7) is 5.80. The van der Waals surface area contributed by atoms with Gasteiger partial charge in [0.1, 0.15) is 5.69 Å². The Bertz CT molecular complexity index is 523. The summed E-state index contributed by atoms with van der Waals surface area (Å²) < 4.78 is 0. The predicted molar refractivity (Wildman–Crippen MR) is 75.8 cm³/mol. The first-order chi connectivity index (χ1) is 9.15. The second-order valence-electron chi connectivity index (χ2n) is 5.15. The first-order valence-corrected chi connectivity index (χ1v) is 6.21. The highest BCUT2D eigenvalue weighted by atomic mass is 16.6. The van der Waals surface area contributed by atoms with Crippen LogP contribution in [0.1, 0.15) is 31.1 Å². The fourth-order valence-corrected chi connectivity index (χ4v) is 1.92. The number of benzene rings is 1. The van der Waals surface area contributed by atoms with Gasteiger partial charge in [0.15, 0.2) is 0 Å². The van der Waals surface area contributed by atoms with Gasteiger partial charge in [0.2, 0.25) is 5.91 Å². The molecule has 0 aliphatic heterocycles. The number of carbonyl (C=O) groups excluding carboxylic acids is 1. The molecule has 7 heteroatoms. The summed E-state index contributed by atoms with van der Waals surface area (Å²) in [6, 6.07) is 4.08. The van der Waals surface area contributed by atoms with Crippen molar-refractivity contribution < 1.29 is 14.8 Å². The molecule has 0 radical (unpaired) electrons. The number of hydrogen-bond acceptors (Lipinski definition) is 5. The van der Waals surface area contributed by atoms with Crippen LogP contribution in [0.3, 0.4) is 0 Å². The quantitative estimate of drug-likeness (QED) is 0.603. The van der Waals surface area contributed by atoms with Crippen LogP contribution in [0.5, 0.6) is 0 Å². The number of aliphatic hydroxyl groups is 1. The smallest absolute Gasteiger partial charge is 0.293 e. The van der Waals surface area contributed by atoms with E-state index in [1.54, 1.807) is 18.7 Å². The molecular formula is C13H19N3O4. The molecule has 0 spiro atoms. The Morgan fingerprint density at radius 2 is 2.10 bits per heavy atom. The van der Waals surface area contributed by atoms with Gasteiger partial charge in [0, 0.05) is 24.7 Å². The lowest BCUT2D eigenvalue weighted by molar-refractivity contribution is -0.384. The zero-order valence-electron chi connectivity index (χ0n) is 11.8. The number of nitro benzene ring substituents is 1. The fourth-order valence-electron chi connectivity index (χ4n) is 1.92. The fraction of sp³-hybridized carbons (Fsp3) is 0.462. The maximum atomic E-state index is 11.1. The monoisotopic (exact) mass is 281 g/mol. The third-order valence-corrected chi connectivity index (χ3v) is 2.76. The van der Waals surface area contributed by atoms with Crippen LogP contribution in [0.2, 0.25) is 0 Å². The molecule has 0 aliphatic rings. The number of primary amides is 1. The third kappa shape index (κ3) is 3.92. The maximum absolute atomic E-state index is 11.1. The van der Waals surface area contributed by atoms with Gasteiger partial charge in [-0.15, -0.1) is 0 Å². The Hall–Kier alpha value is -2.15. The number of amides is 1. The largest absolute Gasteiger partial charge is 0.389 e. The van der Waals surface area contributed by atoms with Crippen molar-refractivity contribution in [3.05, 3.63) is 33.9 Å². The number of rotatable bonds is 6. The summed E-state index contributed by atoms with van der Waals surface area (Å²) in [5.41, 5.74) is 4.37. The molecule has 0 aliphatic carbocycles. The van der Waals surface area contributed by atoms with Gasteiger partial charge in [0.05, 0.1) is 10.5 Å².